The number of rotatable bonds is 3. The normalized spacial score (nSPS) is 8.73. The zero-order valence-electron chi connectivity index (χ0n) is 8.85. The second kappa shape index (κ2) is 9.18. The van der Waals surface area contributed by atoms with Gasteiger partial charge in [0.25, 0.3) is 0 Å². The quantitative estimate of drug-likeness (QED) is 0.733. The molecule has 15 heavy (non-hydrogen) atoms. The number of methoxy groups -OCH3 is 1. The number of benzene rings is 1. The molecule has 0 heterocycles. The van der Waals surface area contributed by atoms with Crippen LogP contribution in [-0.2, 0) is 16.1 Å². The molecule has 86 valence electrons. The predicted octanol–water partition coefficient (Wildman–Crippen LogP) is 0.933. The minimum atomic E-state index is -0.373. The number of carbonyl (C=O) groups excluding carboxylic acids is 1. The van der Waals surface area contributed by atoms with E-state index in [-0.39, 0.29) is 20.4 Å². The topological polar surface area (TPSA) is 72.5 Å². The third kappa shape index (κ3) is 7.66. The van der Waals surface area contributed by atoms with Crippen LogP contribution in [0.3, 0.4) is 0 Å². The molecule has 4 nitrogen and oxygen atoms in total. The van der Waals surface area contributed by atoms with E-state index in [9.17, 15) is 4.79 Å². The van der Waals surface area contributed by atoms with E-state index in [4.69, 9.17) is 10.8 Å². The average molecular weight is 213 g/mol. The van der Waals surface area contributed by atoms with Gasteiger partial charge in [0.2, 0.25) is 0 Å². The molecule has 0 spiro atoms. The van der Waals surface area contributed by atoms with Gasteiger partial charge in [-0.1, -0.05) is 30.3 Å². The Bertz CT molecular complexity index is 267. The van der Waals surface area contributed by atoms with Crippen molar-refractivity contribution in [3.05, 3.63) is 35.9 Å². The third-order valence-electron chi connectivity index (χ3n) is 1.62. The van der Waals surface area contributed by atoms with Gasteiger partial charge in [-0.25, -0.2) is 0 Å². The van der Waals surface area contributed by atoms with E-state index in [1.54, 1.807) is 0 Å². The highest BCUT2D eigenvalue weighted by atomic mass is 16.5. The highest BCUT2D eigenvalue weighted by Crippen LogP contribution is 1.94. The van der Waals surface area contributed by atoms with Crippen molar-refractivity contribution in [1.29, 1.82) is 0 Å². The minimum Gasteiger partial charge on any atom is -0.469 e. The third-order valence-corrected chi connectivity index (χ3v) is 1.62. The molecule has 0 amide bonds. The van der Waals surface area contributed by atoms with Crippen molar-refractivity contribution >= 4 is 5.97 Å². The van der Waals surface area contributed by atoms with Gasteiger partial charge in [0.05, 0.1) is 20.1 Å². The van der Waals surface area contributed by atoms with E-state index in [1.807, 2.05) is 30.3 Å². The van der Waals surface area contributed by atoms with Crippen LogP contribution in [0, 0.1) is 0 Å². The van der Waals surface area contributed by atoms with Crippen molar-refractivity contribution in [3.63, 3.8) is 0 Å². The van der Waals surface area contributed by atoms with E-state index in [2.05, 4.69) is 4.74 Å². The van der Waals surface area contributed by atoms with Gasteiger partial charge in [-0.05, 0) is 5.56 Å². The molecular formula is C11H19NO3. The van der Waals surface area contributed by atoms with E-state index in [0.717, 1.165) is 0 Å². The van der Waals surface area contributed by atoms with Crippen LogP contribution >= 0.6 is 0 Å². The van der Waals surface area contributed by atoms with Crippen molar-refractivity contribution < 1.29 is 16.1 Å². The van der Waals surface area contributed by atoms with Gasteiger partial charge in [-0.2, -0.15) is 0 Å². The van der Waals surface area contributed by atoms with Gasteiger partial charge in [-0.3, -0.25) is 4.79 Å². The van der Waals surface area contributed by atoms with Crippen LogP contribution in [-0.4, -0.2) is 24.8 Å². The lowest BCUT2D eigenvalue weighted by atomic mass is 10.2. The van der Waals surface area contributed by atoms with Crippen LogP contribution < -0.4 is 5.73 Å². The van der Waals surface area contributed by atoms with Crippen molar-refractivity contribution in [2.45, 2.75) is 13.0 Å². The van der Waals surface area contributed by atoms with Crippen LogP contribution in [0.4, 0.5) is 0 Å². The van der Waals surface area contributed by atoms with Crippen LogP contribution in [0.2, 0.25) is 0 Å². The molecule has 0 aliphatic heterocycles. The fourth-order valence-corrected chi connectivity index (χ4v) is 0.807. The maximum atomic E-state index is 10.0. The number of ether oxygens (including phenoxy) is 1. The molecule has 0 aliphatic rings. The summed E-state index contributed by atoms with van der Waals surface area (Å²) in [6.45, 7) is 0.507. The lowest BCUT2D eigenvalue weighted by Gasteiger charge is -1.90. The van der Waals surface area contributed by atoms with Crippen LogP contribution in [0.15, 0.2) is 30.3 Å². The Morgan fingerprint density at radius 3 is 2.33 bits per heavy atom. The highest BCUT2D eigenvalue weighted by Gasteiger charge is 1.93. The molecule has 0 atom stereocenters. The molecule has 4 heteroatoms. The summed E-state index contributed by atoms with van der Waals surface area (Å²) in [6.07, 6.45) is 0.0938. The predicted molar refractivity (Wildman–Crippen MR) is 60.2 cm³/mol. The summed E-state index contributed by atoms with van der Waals surface area (Å²) in [7, 11) is 1.29. The van der Waals surface area contributed by atoms with E-state index >= 15 is 0 Å². The Labute approximate surface area is 91.2 Å². The summed E-state index contributed by atoms with van der Waals surface area (Å²) in [6, 6.07) is 9.99. The van der Waals surface area contributed by atoms with Crippen LogP contribution in [0.5, 0.6) is 0 Å². The highest BCUT2D eigenvalue weighted by molar-refractivity contribution is 5.69. The molecule has 1 rings (SSSR count). The molecule has 0 aliphatic carbocycles. The fourth-order valence-electron chi connectivity index (χ4n) is 0.807. The Balaban J connectivity index is 0. The van der Waals surface area contributed by atoms with Gasteiger partial charge in [-0.15, -0.1) is 0 Å². The van der Waals surface area contributed by atoms with Crippen molar-refractivity contribution in [3.8, 4) is 0 Å². The fraction of sp³-hybridized carbons (Fsp3) is 0.364. The molecule has 3 N–H and O–H groups in total. The van der Waals surface area contributed by atoms with Crippen molar-refractivity contribution in [2.75, 3.05) is 13.7 Å². The largest absolute Gasteiger partial charge is 0.469 e. The zero-order valence-corrected chi connectivity index (χ0v) is 8.85. The van der Waals surface area contributed by atoms with Gasteiger partial charge in [0.1, 0.15) is 0 Å². The lowest BCUT2D eigenvalue weighted by molar-refractivity contribution is -0.141. The number of hydrogen-bond acceptors (Lipinski definition) is 4. The molecule has 0 aromatic heterocycles. The summed E-state index contributed by atoms with van der Waals surface area (Å²) < 4.78 is 4.19. The maximum absolute atomic E-state index is 10.0. The second-order valence-electron chi connectivity index (χ2n) is 2.74. The monoisotopic (exact) mass is 213 g/mol. The van der Waals surface area contributed by atoms with Gasteiger partial charge in [0.15, 0.2) is 0 Å². The van der Waals surface area contributed by atoms with Crippen molar-refractivity contribution in [1.82, 2.24) is 0 Å². The summed E-state index contributed by atoms with van der Waals surface area (Å²) in [5, 5.41) is 8.07. The molecule has 0 unspecified atom stereocenters. The SMILES string of the molecule is COC(=O)CCO.NCc1ccccc1.[HH]. The molecule has 0 saturated carbocycles. The molecule has 0 bridgehead atoms. The molecule has 1 aromatic carbocycles. The summed E-state index contributed by atoms with van der Waals surface area (Å²) in [5.74, 6) is -0.373. The molecular weight excluding hydrogens is 194 g/mol. The molecule has 0 radical (unpaired) electrons. The van der Waals surface area contributed by atoms with Crippen molar-refractivity contribution in [2.24, 2.45) is 5.73 Å². The number of nitrogens with two attached hydrogens (primary N) is 1. The van der Waals surface area contributed by atoms with Gasteiger partial charge in [0, 0.05) is 7.97 Å². The number of esters is 1. The van der Waals surface area contributed by atoms with Gasteiger partial charge >= 0.3 is 5.97 Å². The Morgan fingerprint density at radius 2 is 2.07 bits per heavy atom. The first kappa shape index (κ1) is 13.6. The van der Waals surface area contributed by atoms with Crippen LogP contribution in [0.1, 0.15) is 13.4 Å². The second-order valence-corrected chi connectivity index (χ2v) is 2.74. The zero-order chi connectivity index (χ0) is 11.5. The summed E-state index contributed by atoms with van der Waals surface area (Å²) in [4.78, 5) is 10.0. The van der Waals surface area contributed by atoms with E-state index < -0.39 is 0 Å². The summed E-state index contributed by atoms with van der Waals surface area (Å²) in [5.41, 5.74) is 6.54. The van der Waals surface area contributed by atoms with Gasteiger partial charge < -0.3 is 15.6 Å². The summed E-state index contributed by atoms with van der Waals surface area (Å²) >= 11 is 0. The Morgan fingerprint density at radius 1 is 1.47 bits per heavy atom. The molecule has 0 fully saturated rings. The number of aliphatic hydroxyl groups is 1. The Kier molecular flexibility index (Phi) is 8.33. The van der Waals surface area contributed by atoms with E-state index in [0.29, 0.717) is 6.54 Å². The van der Waals surface area contributed by atoms with E-state index in [1.165, 1.54) is 12.7 Å². The maximum Gasteiger partial charge on any atom is 0.307 e. The number of aliphatic hydroxyl groups excluding tert-OH is 1. The standard InChI is InChI=1S/C7H9N.C4H8O3.H2/c8-6-7-4-2-1-3-5-7;1-7-4(6)2-3-5;/h1-5H,6,8H2;5H,2-3H2,1H3;1H. The first-order chi connectivity index (χ1) is 7.24. The lowest BCUT2D eigenvalue weighted by Crippen LogP contribution is -2.01. The first-order valence-corrected chi connectivity index (χ1v) is 4.66. The smallest absolute Gasteiger partial charge is 0.307 e. The number of hydrogen-bond donors (Lipinski definition) is 2. The number of carbonyl (C=O) groups is 1. The first-order valence-electron chi connectivity index (χ1n) is 4.66. The minimum absolute atomic E-state index is 0. The Hall–Kier alpha value is -1.39. The average Bonchev–Trinajstić information content (AvgIpc) is 2.31. The molecule has 1 aromatic rings. The van der Waals surface area contributed by atoms with Crippen LogP contribution in [0.25, 0.3) is 0 Å². The molecule has 0 saturated heterocycles.